The van der Waals surface area contributed by atoms with Gasteiger partial charge in [0.2, 0.25) is 0 Å². The molecule has 4 nitrogen and oxygen atoms in total. The van der Waals surface area contributed by atoms with Crippen LogP contribution in [0.1, 0.15) is 20.7 Å². The molecule has 0 saturated heterocycles. The topological polar surface area (TPSA) is 52.6 Å². The molecule has 190 valence electrons. The Balaban J connectivity index is 1.41. The summed E-state index contributed by atoms with van der Waals surface area (Å²) in [6.45, 7) is 0. The molecule has 0 radical (unpaired) electrons. The molecule has 10 heteroatoms. The monoisotopic (exact) mass is 526 g/mol. The molecule has 0 heterocycles. The molecule has 0 fully saturated rings. The quantitative estimate of drug-likeness (QED) is 0.0813. The summed E-state index contributed by atoms with van der Waals surface area (Å²) in [6, 6.07) is 14.7. The summed E-state index contributed by atoms with van der Waals surface area (Å²) in [5.41, 5.74) is -1.04. The first-order valence-electron chi connectivity index (χ1n) is 10.8. The zero-order chi connectivity index (χ0) is 27.1. The molecule has 0 atom stereocenters. The van der Waals surface area contributed by atoms with Gasteiger partial charge >= 0.3 is 11.9 Å². The number of ether oxygens (including phenoxy) is 2. The minimum atomic E-state index is -1.71. The predicted octanol–water partition coefficient (Wildman–Crippen LogP) is 7.27. The molecule has 0 aromatic heterocycles. The van der Waals surface area contributed by atoms with E-state index in [1.165, 1.54) is 24.3 Å². The summed E-state index contributed by atoms with van der Waals surface area (Å²) >= 11 is 0. The fraction of sp³-hybridized carbons (Fsp3) is 0. The number of hydrogen-bond donors (Lipinski definition) is 0. The average molecular weight is 526 g/mol. The van der Waals surface area contributed by atoms with Crippen molar-refractivity contribution in [1.29, 1.82) is 0 Å². The maximum absolute atomic E-state index is 13.5. The van der Waals surface area contributed by atoms with Crippen LogP contribution in [0.2, 0.25) is 0 Å². The van der Waals surface area contributed by atoms with Crippen LogP contribution in [0.15, 0.2) is 72.8 Å². The van der Waals surface area contributed by atoms with Crippen LogP contribution in [0.25, 0.3) is 21.5 Å². The zero-order valence-electron chi connectivity index (χ0n) is 18.8. The van der Waals surface area contributed by atoms with E-state index in [1.54, 1.807) is 24.3 Å². The number of halogens is 6. The molecular formula is C28H12F6O4. The van der Waals surface area contributed by atoms with Gasteiger partial charge in [-0.15, -0.1) is 0 Å². The number of esters is 2. The maximum atomic E-state index is 13.5. The van der Waals surface area contributed by atoms with E-state index in [0.717, 1.165) is 10.8 Å². The molecule has 0 aliphatic heterocycles. The van der Waals surface area contributed by atoms with Crippen LogP contribution in [0.5, 0.6) is 11.5 Å². The molecule has 5 rings (SSSR count). The third-order valence-electron chi connectivity index (χ3n) is 5.60. The van der Waals surface area contributed by atoms with Crippen molar-refractivity contribution in [2.24, 2.45) is 0 Å². The van der Waals surface area contributed by atoms with Gasteiger partial charge in [-0.1, -0.05) is 12.1 Å². The van der Waals surface area contributed by atoms with Gasteiger partial charge in [0, 0.05) is 0 Å². The zero-order valence-corrected chi connectivity index (χ0v) is 18.8. The van der Waals surface area contributed by atoms with E-state index >= 15 is 0 Å². The van der Waals surface area contributed by atoms with Crippen LogP contribution < -0.4 is 9.47 Å². The lowest BCUT2D eigenvalue weighted by Gasteiger charge is -2.09. The van der Waals surface area contributed by atoms with Crippen LogP contribution in [0, 0.1) is 34.9 Å². The van der Waals surface area contributed by atoms with Crippen LogP contribution in [-0.4, -0.2) is 11.9 Å². The van der Waals surface area contributed by atoms with Gasteiger partial charge in [0.05, 0.1) is 11.1 Å². The third-order valence-corrected chi connectivity index (χ3v) is 5.60. The molecule has 0 bridgehead atoms. The van der Waals surface area contributed by atoms with Crippen molar-refractivity contribution in [3.05, 3.63) is 119 Å². The number of hydrogen-bond acceptors (Lipinski definition) is 4. The van der Waals surface area contributed by atoms with Crippen LogP contribution in [0.3, 0.4) is 0 Å². The Morgan fingerprint density at radius 2 is 0.789 bits per heavy atom. The second kappa shape index (κ2) is 9.55. The molecule has 0 saturated carbocycles. The molecule has 0 aliphatic carbocycles. The van der Waals surface area contributed by atoms with Gasteiger partial charge in [0.1, 0.15) is 11.5 Å². The van der Waals surface area contributed by atoms with Crippen molar-refractivity contribution < 1.29 is 45.4 Å². The van der Waals surface area contributed by atoms with Crippen molar-refractivity contribution >= 4 is 33.5 Å². The van der Waals surface area contributed by atoms with E-state index in [9.17, 15) is 35.9 Å². The fourth-order valence-electron chi connectivity index (χ4n) is 3.76. The predicted molar refractivity (Wildman–Crippen MR) is 124 cm³/mol. The van der Waals surface area contributed by atoms with Crippen LogP contribution in [-0.2, 0) is 0 Å². The largest absolute Gasteiger partial charge is 0.423 e. The minimum Gasteiger partial charge on any atom is -0.423 e. The first kappa shape index (κ1) is 24.8. The highest BCUT2D eigenvalue weighted by atomic mass is 19.2. The Morgan fingerprint density at radius 1 is 0.447 bits per heavy atom. The van der Waals surface area contributed by atoms with E-state index in [-0.39, 0.29) is 11.5 Å². The van der Waals surface area contributed by atoms with E-state index in [4.69, 9.17) is 9.47 Å². The van der Waals surface area contributed by atoms with E-state index in [1.807, 2.05) is 0 Å². The summed E-state index contributed by atoms with van der Waals surface area (Å²) in [7, 11) is 0. The highest BCUT2D eigenvalue weighted by Gasteiger charge is 2.18. The van der Waals surface area contributed by atoms with Crippen LogP contribution in [0.4, 0.5) is 26.3 Å². The normalized spacial score (nSPS) is 11.1. The van der Waals surface area contributed by atoms with Gasteiger partial charge in [0.25, 0.3) is 0 Å². The van der Waals surface area contributed by atoms with Gasteiger partial charge in [-0.25, -0.2) is 35.9 Å². The molecular weight excluding hydrogens is 514 g/mol. The molecule has 5 aromatic rings. The second-order valence-electron chi connectivity index (χ2n) is 8.16. The Labute approximate surface area is 209 Å². The van der Waals surface area contributed by atoms with E-state index in [0.29, 0.717) is 35.0 Å². The first-order chi connectivity index (χ1) is 18.1. The number of carbonyl (C=O) groups is 2. The van der Waals surface area contributed by atoms with Crippen LogP contribution >= 0.6 is 0 Å². The van der Waals surface area contributed by atoms with Crippen molar-refractivity contribution in [3.8, 4) is 11.5 Å². The molecule has 0 spiro atoms. The first-order valence-corrected chi connectivity index (χ1v) is 10.8. The van der Waals surface area contributed by atoms with Gasteiger partial charge < -0.3 is 9.47 Å². The molecule has 0 N–H and O–H groups in total. The number of benzene rings is 5. The van der Waals surface area contributed by atoms with Crippen molar-refractivity contribution in [2.75, 3.05) is 0 Å². The standard InChI is InChI=1S/C28H12F6O4/c29-21-9-17(10-22(30)25(21)33)27(35)37-19-3-1-13-5-14-2-4-20(8-16(14)6-15(13)7-19)38-28(36)18-11-23(31)26(34)24(32)12-18/h1-12H. The fourth-order valence-corrected chi connectivity index (χ4v) is 3.76. The molecule has 0 aliphatic rings. The summed E-state index contributed by atoms with van der Waals surface area (Å²) in [4.78, 5) is 24.6. The van der Waals surface area contributed by atoms with Crippen molar-refractivity contribution in [3.63, 3.8) is 0 Å². The Kier molecular flexibility index (Phi) is 6.23. The Hall–Kier alpha value is -4.86. The second-order valence-corrected chi connectivity index (χ2v) is 8.16. The molecule has 0 unspecified atom stereocenters. The summed E-state index contributed by atoms with van der Waals surface area (Å²) < 4.78 is 90.5. The summed E-state index contributed by atoms with van der Waals surface area (Å²) in [6.07, 6.45) is 0. The van der Waals surface area contributed by atoms with Gasteiger partial charge in [-0.05, 0) is 82.2 Å². The highest BCUT2D eigenvalue weighted by molar-refractivity contribution is 6.00. The Morgan fingerprint density at radius 3 is 1.16 bits per heavy atom. The SMILES string of the molecule is O=C(Oc1ccc2cc3ccc(OC(=O)c4cc(F)c(F)c(F)c4)cc3cc2c1)c1cc(F)c(F)c(F)c1. The number of carbonyl (C=O) groups excluding carboxylic acids is 2. The lowest BCUT2D eigenvalue weighted by molar-refractivity contribution is 0.0724. The third kappa shape index (κ3) is 4.75. The maximum Gasteiger partial charge on any atom is 0.343 e. The lowest BCUT2D eigenvalue weighted by Crippen LogP contribution is -2.10. The van der Waals surface area contributed by atoms with Gasteiger partial charge in [-0.2, -0.15) is 0 Å². The molecule has 5 aromatic carbocycles. The number of fused-ring (bicyclic) bond motifs is 2. The summed E-state index contributed by atoms with van der Waals surface area (Å²) in [5.74, 6) is -11.7. The van der Waals surface area contributed by atoms with E-state index < -0.39 is 58.0 Å². The van der Waals surface area contributed by atoms with Gasteiger partial charge in [0.15, 0.2) is 34.9 Å². The minimum absolute atomic E-state index is 0.0370. The molecule has 0 amide bonds. The molecule has 38 heavy (non-hydrogen) atoms. The van der Waals surface area contributed by atoms with Gasteiger partial charge in [-0.3, -0.25) is 0 Å². The lowest BCUT2D eigenvalue weighted by atomic mass is 10.0. The summed E-state index contributed by atoms with van der Waals surface area (Å²) in [5, 5.41) is 2.62. The number of rotatable bonds is 4. The van der Waals surface area contributed by atoms with E-state index in [2.05, 4.69) is 0 Å². The van der Waals surface area contributed by atoms with Crippen molar-refractivity contribution in [2.45, 2.75) is 0 Å². The van der Waals surface area contributed by atoms with Crippen molar-refractivity contribution in [1.82, 2.24) is 0 Å². The smallest absolute Gasteiger partial charge is 0.343 e. The highest BCUT2D eigenvalue weighted by Crippen LogP contribution is 2.29. The average Bonchev–Trinajstić information content (AvgIpc) is 2.88. The Bertz CT molecular complexity index is 1610.